The van der Waals surface area contributed by atoms with E-state index in [0.717, 1.165) is 38.5 Å². The molecular formula is C50H96NO8P. The van der Waals surface area contributed by atoms with Crippen molar-refractivity contribution in [3.8, 4) is 0 Å². The lowest BCUT2D eigenvalue weighted by molar-refractivity contribution is -0.870. The van der Waals surface area contributed by atoms with Crippen LogP contribution in [0.3, 0.4) is 0 Å². The molecule has 10 heteroatoms. The van der Waals surface area contributed by atoms with E-state index in [4.69, 9.17) is 18.5 Å². The topological polar surface area (TPSA) is 111 Å². The molecule has 0 aromatic carbocycles. The summed E-state index contributed by atoms with van der Waals surface area (Å²) < 4.78 is 34.0. The Hall–Kier alpha value is -1.51. The highest BCUT2D eigenvalue weighted by Gasteiger charge is 2.21. The largest absolute Gasteiger partial charge is 0.756 e. The monoisotopic (exact) mass is 870 g/mol. The van der Waals surface area contributed by atoms with Gasteiger partial charge in [0.15, 0.2) is 6.10 Å². The predicted octanol–water partition coefficient (Wildman–Crippen LogP) is 14.1. The average Bonchev–Trinajstić information content (AvgIpc) is 3.20. The summed E-state index contributed by atoms with van der Waals surface area (Å²) in [5.41, 5.74) is 0. The maximum Gasteiger partial charge on any atom is 0.306 e. The first kappa shape index (κ1) is 58.5. The van der Waals surface area contributed by atoms with E-state index in [1.54, 1.807) is 0 Å². The van der Waals surface area contributed by atoms with Crippen molar-refractivity contribution in [3.63, 3.8) is 0 Å². The Labute approximate surface area is 370 Å². The number of quaternary nitrogens is 1. The standard InChI is InChI=1S/C50H96NO8P/c1-6-8-10-12-14-16-18-20-22-24-25-27-28-30-32-34-36-38-40-42-49(52)56-46-48(47-58-60(54,55)57-45-44-51(3,4)5)59-50(53)43-41-39-37-35-33-31-29-26-23-21-19-17-15-13-11-9-7-2/h17,19-20,22,48H,6-16,18,21,23-47H2,1-5H3/b19-17+,22-20+/t48-/m1/s1. The zero-order chi connectivity index (χ0) is 44.3. The highest BCUT2D eigenvalue weighted by Crippen LogP contribution is 2.38. The Morgan fingerprint density at radius 2 is 0.850 bits per heavy atom. The van der Waals surface area contributed by atoms with E-state index >= 15 is 0 Å². The maximum absolute atomic E-state index is 12.7. The van der Waals surface area contributed by atoms with Crippen LogP contribution in [0.2, 0.25) is 0 Å². The van der Waals surface area contributed by atoms with Crippen LogP contribution < -0.4 is 4.89 Å². The maximum atomic E-state index is 12.7. The third-order valence-corrected chi connectivity index (χ3v) is 11.9. The molecule has 0 amide bonds. The fourth-order valence-corrected chi connectivity index (χ4v) is 7.73. The summed E-state index contributed by atoms with van der Waals surface area (Å²) in [4.78, 5) is 37.7. The first-order valence-corrected chi connectivity index (χ1v) is 26.5. The van der Waals surface area contributed by atoms with E-state index in [1.165, 1.54) is 161 Å². The molecule has 0 aliphatic rings. The second-order valence-electron chi connectivity index (χ2n) is 18.2. The van der Waals surface area contributed by atoms with Gasteiger partial charge in [-0.05, 0) is 64.2 Å². The lowest BCUT2D eigenvalue weighted by Gasteiger charge is -2.28. The summed E-state index contributed by atoms with van der Waals surface area (Å²) >= 11 is 0. The Kier molecular flexibility index (Phi) is 41.7. The first-order valence-electron chi connectivity index (χ1n) is 25.0. The molecule has 0 bridgehead atoms. The molecule has 0 spiro atoms. The van der Waals surface area contributed by atoms with Gasteiger partial charge in [0, 0.05) is 12.8 Å². The smallest absolute Gasteiger partial charge is 0.306 e. The molecule has 0 aromatic rings. The lowest BCUT2D eigenvalue weighted by atomic mass is 10.1. The minimum Gasteiger partial charge on any atom is -0.756 e. The zero-order valence-electron chi connectivity index (χ0n) is 39.9. The Bertz CT molecular complexity index is 1070. The quantitative estimate of drug-likeness (QED) is 0.0195. The van der Waals surface area contributed by atoms with Crippen molar-refractivity contribution in [2.75, 3.05) is 47.5 Å². The number of allylic oxidation sites excluding steroid dienone is 4. The summed E-state index contributed by atoms with van der Waals surface area (Å²) in [5.74, 6) is -0.830. The van der Waals surface area contributed by atoms with Crippen molar-refractivity contribution in [2.24, 2.45) is 0 Å². The van der Waals surface area contributed by atoms with Crippen LogP contribution in [0.5, 0.6) is 0 Å². The number of esters is 2. The molecule has 0 aliphatic carbocycles. The summed E-state index contributed by atoms with van der Waals surface area (Å²) in [6.45, 7) is 4.24. The van der Waals surface area contributed by atoms with Gasteiger partial charge in [-0.2, -0.15) is 0 Å². The third-order valence-electron chi connectivity index (χ3n) is 10.9. The van der Waals surface area contributed by atoms with Gasteiger partial charge in [0.25, 0.3) is 7.82 Å². The van der Waals surface area contributed by atoms with E-state index in [2.05, 4.69) is 38.2 Å². The number of rotatable bonds is 46. The number of ether oxygens (including phenoxy) is 2. The molecule has 2 atom stereocenters. The number of carbonyl (C=O) groups excluding carboxylic acids is 2. The van der Waals surface area contributed by atoms with Gasteiger partial charge < -0.3 is 27.9 Å². The number of likely N-dealkylation sites (N-methyl/N-ethyl adjacent to an activating group) is 1. The molecule has 1 unspecified atom stereocenters. The fourth-order valence-electron chi connectivity index (χ4n) is 7.00. The molecule has 354 valence electrons. The van der Waals surface area contributed by atoms with Gasteiger partial charge in [-0.25, -0.2) is 0 Å². The lowest BCUT2D eigenvalue weighted by Crippen LogP contribution is -2.37. The molecule has 0 aliphatic heterocycles. The summed E-state index contributed by atoms with van der Waals surface area (Å²) in [6, 6.07) is 0. The number of hydrogen-bond donors (Lipinski definition) is 0. The van der Waals surface area contributed by atoms with Crippen molar-refractivity contribution in [3.05, 3.63) is 24.3 Å². The number of hydrogen-bond acceptors (Lipinski definition) is 8. The van der Waals surface area contributed by atoms with Crippen LogP contribution in [0, 0.1) is 0 Å². The Morgan fingerprint density at radius 3 is 1.25 bits per heavy atom. The van der Waals surface area contributed by atoms with Crippen LogP contribution in [-0.2, 0) is 32.7 Å². The first-order chi connectivity index (χ1) is 29.0. The van der Waals surface area contributed by atoms with E-state index in [9.17, 15) is 19.0 Å². The second-order valence-corrected chi connectivity index (χ2v) is 19.6. The van der Waals surface area contributed by atoms with E-state index < -0.39 is 26.5 Å². The van der Waals surface area contributed by atoms with Gasteiger partial charge in [0.2, 0.25) is 0 Å². The van der Waals surface area contributed by atoms with Crippen LogP contribution in [0.15, 0.2) is 24.3 Å². The summed E-state index contributed by atoms with van der Waals surface area (Å²) in [6.07, 6.45) is 47.7. The fraction of sp³-hybridized carbons (Fsp3) is 0.880. The zero-order valence-corrected chi connectivity index (χ0v) is 40.8. The Balaban J connectivity index is 4.25. The van der Waals surface area contributed by atoms with Crippen molar-refractivity contribution < 1.29 is 42.1 Å². The molecule has 0 saturated carbocycles. The molecule has 9 nitrogen and oxygen atoms in total. The Morgan fingerprint density at radius 1 is 0.500 bits per heavy atom. The number of phosphoric acid groups is 1. The van der Waals surface area contributed by atoms with Crippen molar-refractivity contribution in [1.29, 1.82) is 0 Å². The number of carbonyl (C=O) groups is 2. The number of phosphoric ester groups is 1. The van der Waals surface area contributed by atoms with Crippen LogP contribution in [0.25, 0.3) is 0 Å². The van der Waals surface area contributed by atoms with Crippen LogP contribution in [0.1, 0.15) is 232 Å². The van der Waals surface area contributed by atoms with Gasteiger partial charge in [-0.15, -0.1) is 0 Å². The minimum absolute atomic E-state index is 0.0299. The van der Waals surface area contributed by atoms with Gasteiger partial charge in [0.05, 0.1) is 27.7 Å². The van der Waals surface area contributed by atoms with E-state index in [1.807, 2.05) is 21.1 Å². The van der Waals surface area contributed by atoms with E-state index in [0.29, 0.717) is 17.4 Å². The third kappa shape index (κ3) is 46.0. The summed E-state index contributed by atoms with van der Waals surface area (Å²) in [7, 11) is 1.17. The van der Waals surface area contributed by atoms with Crippen molar-refractivity contribution in [2.45, 2.75) is 238 Å². The van der Waals surface area contributed by atoms with E-state index in [-0.39, 0.29) is 32.0 Å². The predicted molar refractivity (Wildman–Crippen MR) is 250 cm³/mol. The highest BCUT2D eigenvalue weighted by atomic mass is 31.2. The normalized spacial score (nSPS) is 13.6. The van der Waals surface area contributed by atoms with Gasteiger partial charge >= 0.3 is 11.9 Å². The SMILES string of the molecule is CCCCCC/C=C/CCCCCCCCCCCC(=O)O[C@H](COC(=O)CCCCCCCCCCC/C=C/CCCCCCCC)COP(=O)([O-])OCC[N+](C)(C)C. The molecular weight excluding hydrogens is 774 g/mol. The molecule has 60 heavy (non-hydrogen) atoms. The molecule has 0 fully saturated rings. The molecule has 0 saturated heterocycles. The van der Waals surface area contributed by atoms with Gasteiger partial charge in [-0.3, -0.25) is 14.2 Å². The number of nitrogens with zero attached hydrogens (tertiary/aromatic N) is 1. The molecule has 0 radical (unpaired) electrons. The van der Waals surface area contributed by atoms with Gasteiger partial charge in [-0.1, -0.05) is 179 Å². The molecule has 0 N–H and O–H groups in total. The highest BCUT2D eigenvalue weighted by molar-refractivity contribution is 7.45. The second kappa shape index (κ2) is 42.8. The molecule has 0 rings (SSSR count). The van der Waals surface area contributed by atoms with Crippen LogP contribution in [0.4, 0.5) is 0 Å². The van der Waals surface area contributed by atoms with Gasteiger partial charge in [0.1, 0.15) is 19.8 Å². The van der Waals surface area contributed by atoms with Crippen molar-refractivity contribution in [1.82, 2.24) is 0 Å². The summed E-state index contributed by atoms with van der Waals surface area (Å²) in [5, 5.41) is 0. The van der Waals surface area contributed by atoms with Crippen LogP contribution in [-0.4, -0.2) is 70.0 Å². The average molecular weight is 870 g/mol. The van der Waals surface area contributed by atoms with Crippen LogP contribution >= 0.6 is 7.82 Å². The minimum atomic E-state index is -4.63. The number of unbranched alkanes of at least 4 members (excludes halogenated alkanes) is 28. The van der Waals surface area contributed by atoms with Crippen molar-refractivity contribution >= 4 is 19.8 Å². The molecule has 0 heterocycles. The molecule has 0 aromatic heterocycles.